The van der Waals surface area contributed by atoms with Crippen molar-refractivity contribution in [2.75, 3.05) is 13.2 Å². The SMILES string of the molecule is N#Cc1ccc(OCCON=C(N)c2ccc(OCc3ccccc3)cc2)cc1. The van der Waals surface area contributed by atoms with Crippen LogP contribution in [0, 0.1) is 11.3 Å². The average molecular weight is 387 g/mol. The van der Waals surface area contributed by atoms with Gasteiger partial charge in [0.25, 0.3) is 0 Å². The number of amidine groups is 1. The molecule has 0 saturated heterocycles. The molecule has 0 atom stereocenters. The molecule has 2 N–H and O–H groups in total. The van der Waals surface area contributed by atoms with E-state index in [1.165, 1.54) is 0 Å². The normalized spacial score (nSPS) is 10.8. The first kappa shape index (κ1) is 19.8. The fraction of sp³-hybridized carbons (Fsp3) is 0.130. The highest BCUT2D eigenvalue weighted by atomic mass is 16.6. The number of nitrogens with two attached hydrogens (primary N) is 1. The Bertz CT molecular complexity index is 963. The van der Waals surface area contributed by atoms with Crippen LogP contribution in [0.15, 0.2) is 84.0 Å². The van der Waals surface area contributed by atoms with E-state index in [4.69, 9.17) is 25.3 Å². The zero-order chi connectivity index (χ0) is 20.3. The van der Waals surface area contributed by atoms with Gasteiger partial charge < -0.3 is 20.0 Å². The summed E-state index contributed by atoms with van der Waals surface area (Å²) >= 11 is 0. The molecular formula is C23H21N3O3. The molecule has 3 rings (SSSR count). The minimum Gasteiger partial charge on any atom is -0.490 e. The second kappa shape index (κ2) is 10.4. The van der Waals surface area contributed by atoms with Crippen molar-refractivity contribution in [3.63, 3.8) is 0 Å². The predicted molar refractivity (Wildman–Crippen MR) is 111 cm³/mol. The second-order valence-corrected chi connectivity index (χ2v) is 6.09. The standard InChI is InChI=1S/C23H21N3O3/c24-16-18-6-10-21(11-7-18)27-14-15-29-26-23(25)20-8-12-22(13-9-20)28-17-19-4-2-1-3-5-19/h1-13H,14-15,17H2,(H2,25,26). The predicted octanol–water partition coefficient (Wildman–Crippen LogP) is 3.85. The number of benzene rings is 3. The molecule has 3 aromatic rings. The molecule has 0 bridgehead atoms. The quantitative estimate of drug-likeness (QED) is 0.261. The molecule has 0 aromatic heterocycles. The third-order valence-corrected chi connectivity index (χ3v) is 3.99. The van der Waals surface area contributed by atoms with Crippen LogP contribution in [0.3, 0.4) is 0 Å². The van der Waals surface area contributed by atoms with E-state index >= 15 is 0 Å². The summed E-state index contributed by atoms with van der Waals surface area (Å²) in [6.45, 7) is 1.07. The maximum absolute atomic E-state index is 8.77. The van der Waals surface area contributed by atoms with Crippen molar-refractivity contribution in [3.8, 4) is 17.6 Å². The first-order chi connectivity index (χ1) is 14.2. The van der Waals surface area contributed by atoms with Gasteiger partial charge in [0, 0.05) is 5.56 Å². The Kier molecular flexibility index (Phi) is 7.08. The lowest BCUT2D eigenvalue weighted by atomic mass is 10.2. The van der Waals surface area contributed by atoms with Gasteiger partial charge in [-0.05, 0) is 54.1 Å². The molecule has 6 heteroatoms. The lowest BCUT2D eigenvalue weighted by molar-refractivity contribution is 0.107. The van der Waals surface area contributed by atoms with Crippen molar-refractivity contribution in [1.29, 1.82) is 5.26 Å². The maximum Gasteiger partial charge on any atom is 0.170 e. The Hall–Kier alpha value is -3.98. The van der Waals surface area contributed by atoms with E-state index in [2.05, 4.69) is 11.2 Å². The fourth-order valence-electron chi connectivity index (χ4n) is 2.45. The molecule has 0 aliphatic carbocycles. The summed E-state index contributed by atoms with van der Waals surface area (Å²) in [7, 11) is 0. The summed E-state index contributed by atoms with van der Waals surface area (Å²) in [4.78, 5) is 5.21. The van der Waals surface area contributed by atoms with Crippen LogP contribution >= 0.6 is 0 Å². The molecule has 0 amide bonds. The van der Waals surface area contributed by atoms with Crippen LogP contribution in [-0.2, 0) is 11.4 Å². The van der Waals surface area contributed by atoms with Crippen LogP contribution in [-0.4, -0.2) is 19.0 Å². The molecule has 0 radical (unpaired) electrons. The highest BCUT2D eigenvalue weighted by Gasteiger charge is 2.01. The maximum atomic E-state index is 8.77. The van der Waals surface area contributed by atoms with Crippen LogP contribution in [0.5, 0.6) is 11.5 Å². The summed E-state index contributed by atoms with van der Waals surface area (Å²) in [5.74, 6) is 1.69. The lowest BCUT2D eigenvalue weighted by Gasteiger charge is -2.08. The highest BCUT2D eigenvalue weighted by molar-refractivity contribution is 5.97. The average Bonchev–Trinajstić information content (AvgIpc) is 2.79. The number of hydrogen-bond donors (Lipinski definition) is 1. The second-order valence-electron chi connectivity index (χ2n) is 6.09. The van der Waals surface area contributed by atoms with E-state index in [1.54, 1.807) is 24.3 Å². The summed E-state index contributed by atoms with van der Waals surface area (Å²) in [5.41, 5.74) is 8.38. The monoisotopic (exact) mass is 387 g/mol. The van der Waals surface area contributed by atoms with E-state index < -0.39 is 0 Å². The zero-order valence-electron chi connectivity index (χ0n) is 15.8. The summed E-state index contributed by atoms with van der Waals surface area (Å²) in [6, 6.07) is 26.2. The molecule has 0 spiro atoms. The van der Waals surface area contributed by atoms with Crippen molar-refractivity contribution in [1.82, 2.24) is 0 Å². The molecule has 6 nitrogen and oxygen atoms in total. The molecule has 0 fully saturated rings. The van der Waals surface area contributed by atoms with Gasteiger partial charge in [-0.25, -0.2) is 0 Å². The topological polar surface area (TPSA) is 89.9 Å². The summed E-state index contributed by atoms with van der Waals surface area (Å²) in [5, 5.41) is 12.7. The highest BCUT2D eigenvalue weighted by Crippen LogP contribution is 2.14. The molecule has 0 heterocycles. The minimum absolute atomic E-state index is 0.249. The van der Waals surface area contributed by atoms with Gasteiger partial charge in [-0.1, -0.05) is 35.5 Å². The van der Waals surface area contributed by atoms with E-state index in [0.29, 0.717) is 24.5 Å². The summed E-state index contributed by atoms with van der Waals surface area (Å²) < 4.78 is 11.3. The minimum atomic E-state index is 0.249. The van der Waals surface area contributed by atoms with Crippen molar-refractivity contribution in [3.05, 3.63) is 95.6 Å². The largest absolute Gasteiger partial charge is 0.490 e. The van der Waals surface area contributed by atoms with Crippen LogP contribution < -0.4 is 15.2 Å². The van der Waals surface area contributed by atoms with Crippen molar-refractivity contribution >= 4 is 5.84 Å². The van der Waals surface area contributed by atoms with E-state index in [0.717, 1.165) is 16.9 Å². The number of nitriles is 1. The Morgan fingerprint density at radius 1 is 0.828 bits per heavy atom. The van der Waals surface area contributed by atoms with E-state index in [9.17, 15) is 0 Å². The van der Waals surface area contributed by atoms with Crippen LogP contribution in [0.25, 0.3) is 0 Å². The number of ether oxygens (including phenoxy) is 2. The Morgan fingerprint density at radius 2 is 1.48 bits per heavy atom. The molecule has 146 valence electrons. The molecule has 0 aliphatic rings. The van der Waals surface area contributed by atoms with Crippen LogP contribution in [0.4, 0.5) is 0 Å². The van der Waals surface area contributed by atoms with Crippen LogP contribution in [0.1, 0.15) is 16.7 Å². The van der Waals surface area contributed by atoms with Gasteiger partial charge in [-0.2, -0.15) is 5.26 Å². The Balaban J connectivity index is 1.41. The zero-order valence-corrected chi connectivity index (χ0v) is 15.8. The number of oxime groups is 1. The first-order valence-corrected chi connectivity index (χ1v) is 9.10. The van der Waals surface area contributed by atoms with Crippen molar-refractivity contribution < 1.29 is 14.3 Å². The van der Waals surface area contributed by atoms with E-state index in [-0.39, 0.29) is 12.4 Å². The Labute approximate surface area is 169 Å². The Morgan fingerprint density at radius 3 is 2.17 bits per heavy atom. The smallest absolute Gasteiger partial charge is 0.170 e. The third-order valence-electron chi connectivity index (χ3n) is 3.99. The van der Waals surface area contributed by atoms with Crippen LogP contribution in [0.2, 0.25) is 0 Å². The fourth-order valence-corrected chi connectivity index (χ4v) is 2.45. The van der Waals surface area contributed by atoms with Gasteiger partial charge >= 0.3 is 0 Å². The van der Waals surface area contributed by atoms with Gasteiger partial charge in [0.15, 0.2) is 12.4 Å². The van der Waals surface area contributed by atoms with Gasteiger partial charge in [-0.15, -0.1) is 0 Å². The molecule has 29 heavy (non-hydrogen) atoms. The molecule has 3 aromatic carbocycles. The van der Waals surface area contributed by atoms with Gasteiger partial charge in [0.2, 0.25) is 0 Å². The van der Waals surface area contributed by atoms with Gasteiger partial charge in [-0.3, -0.25) is 0 Å². The number of nitrogens with zero attached hydrogens (tertiary/aromatic N) is 2. The molecular weight excluding hydrogens is 366 g/mol. The number of hydrogen-bond acceptors (Lipinski definition) is 5. The lowest BCUT2D eigenvalue weighted by Crippen LogP contribution is -2.15. The first-order valence-electron chi connectivity index (χ1n) is 9.10. The van der Waals surface area contributed by atoms with Gasteiger partial charge in [0.05, 0.1) is 11.6 Å². The summed E-state index contributed by atoms with van der Waals surface area (Å²) in [6.07, 6.45) is 0. The van der Waals surface area contributed by atoms with Crippen molar-refractivity contribution in [2.45, 2.75) is 6.61 Å². The van der Waals surface area contributed by atoms with Gasteiger partial charge in [0.1, 0.15) is 24.7 Å². The van der Waals surface area contributed by atoms with E-state index in [1.807, 2.05) is 54.6 Å². The third kappa shape index (κ3) is 6.29. The van der Waals surface area contributed by atoms with Crippen molar-refractivity contribution in [2.24, 2.45) is 10.9 Å². The molecule has 0 unspecified atom stereocenters. The number of rotatable bonds is 9. The molecule has 0 saturated carbocycles. The molecule has 0 aliphatic heterocycles.